The number of hydrogen-bond donors (Lipinski definition) is 0. The summed E-state index contributed by atoms with van der Waals surface area (Å²) in [6, 6.07) is 7.69. The van der Waals surface area contributed by atoms with E-state index in [2.05, 4.69) is 16.2 Å². The van der Waals surface area contributed by atoms with E-state index in [0.29, 0.717) is 0 Å². The molecule has 0 bridgehead atoms. The molecule has 4 nitrogen and oxygen atoms in total. The van der Waals surface area contributed by atoms with Gasteiger partial charge in [0.2, 0.25) is 0 Å². The van der Waals surface area contributed by atoms with Crippen LogP contribution in [-0.4, -0.2) is 25.6 Å². The van der Waals surface area contributed by atoms with Crippen molar-refractivity contribution in [2.24, 2.45) is 10.3 Å². The molecule has 0 aliphatic rings. The van der Waals surface area contributed by atoms with Crippen LogP contribution in [-0.2, 0) is 9.68 Å². The van der Waals surface area contributed by atoms with Crippen LogP contribution < -0.4 is 0 Å². The smallest absolute Gasteiger partial charge is 0.177 e. The second-order valence-electron chi connectivity index (χ2n) is 3.20. The van der Waals surface area contributed by atoms with Crippen molar-refractivity contribution in [2.75, 3.05) is 13.7 Å². The fraction of sp³-hybridized carbons (Fsp3) is 0.231. The van der Waals surface area contributed by atoms with Crippen LogP contribution in [0.5, 0.6) is 0 Å². The maximum Gasteiger partial charge on any atom is 0.177 e. The average molecular weight is 230 g/mol. The van der Waals surface area contributed by atoms with Gasteiger partial charge in [-0.15, -0.1) is 6.42 Å². The van der Waals surface area contributed by atoms with Gasteiger partial charge < -0.3 is 9.68 Å². The van der Waals surface area contributed by atoms with E-state index >= 15 is 0 Å². The number of oxime groups is 2. The maximum absolute atomic E-state index is 5.03. The Bertz CT molecular complexity index is 459. The Labute approximate surface area is 101 Å². The van der Waals surface area contributed by atoms with Gasteiger partial charge in [0.05, 0.1) is 11.9 Å². The van der Waals surface area contributed by atoms with Crippen LogP contribution in [0.15, 0.2) is 34.6 Å². The van der Waals surface area contributed by atoms with Gasteiger partial charge in [-0.25, -0.2) is 0 Å². The van der Waals surface area contributed by atoms with Crippen LogP contribution in [0.4, 0.5) is 0 Å². The van der Waals surface area contributed by atoms with Crippen molar-refractivity contribution in [3.05, 3.63) is 35.4 Å². The van der Waals surface area contributed by atoms with Gasteiger partial charge in [0, 0.05) is 0 Å². The van der Waals surface area contributed by atoms with Crippen LogP contribution in [0, 0.1) is 12.3 Å². The average Bonchev–Trinajstić information content (AvgIpc) is 2.35. The Kier molecular flexibility index (Phi) is 5.32. The van der Waals surface area contributed by atoms with Crippen LogP contribution in [0.3, 0.4) is 0 Å². The molecule has 0 aliphatic carbocycles. The van der Waals surface area contributed by atoms with E-state index in [9.17, 15) is 0 Å². The normalized spacial score (nSPS) is 11.2. The summed E-state index contributed by atoms with van der Waals surface area (Å²) in [5, 5.41) is 7.60. The van der Waals surface area contributed by atoms with E-state index in [-0.39, 0.29) is 6.61 Å². The fourth-order valence-corrected chi connectivity index (χ4v) is 1.21. The number of rotatable bonds is 5. The molecule has 88 valence electrons. The van der Waals surface area contributed by atoms with Gasteiger partial charge in [0.15, 0.2) is 6.61 Å². The van der Waals surface area contributed by atoms with E-state index in [1.165, 1.54) is 7.11 Å². The molecule has 1 aromatic carbocycles. The second-order valence-corrected chi connectivity index (χ2v) is 3.20. The lowest BCUT2D eigenvalue weighted by atomic mass is 10.1. The SMILES string of the molecule is C#CCO/N=C/c1cccc(/C(C)=N/OC)c1. The summed E-state index contributed by atoms with van der Waals surface area (Å²) in [5.74, 6) is 2.33. The van der Waals surface area contributed by atoms with Gasteiger partial charge in [-0.05, 0) is 24.1 Å². The minimum Gasteiger partial charge on any atom is -0.399 e. The molecule has 0 N–H and O–H groups in total. The predicted octanol–water partition coefficient (Wildman–Crippen LogP) is 2.04. The number of hydrogen-bond acceptors (Lipinski definition) is 4. The third kappa shape index (κ3) is 4.39. The van der Waals surface area contributed by atoms with Crippen molar-refractivity contribution in [1.82, 2.24) is 0 Å². The zero-order valence-electron chi connectivity index (χ0n) is 9.88. The zero-order chi connectivity index (χ0) is 12.5. The standard InChI is InChI=1S/C13H14N2O2/c1-4-8-17-14-10-12-6-5-7-13(9-12)11(2)15-16-3/h1,5-7,9-10H,8H2,2-3H3/b14-10+,15-11+. The molecule has 0 unspecified atom stereocenters. The molecule has 1 rings (SSSR count). The number of benzene rings is 1. The maximum atomic E-state index is 5.03. The van der Waals surface area contributed by atoms with Crippen LogP contribution in [0.25, 0.3) is 0 Å². The summed E-state index contributed by atoms with van der Waals surface area (Å²) in [7, 11) is 1.52. The molecule has 0 atom stereocenters. The first-order valence-corrected chi connectivity index (χ1v) is 5.05. The number of nitrogens with zero attached hydrogens (tertiary/aromatic N) is 2. The molecule has 0 spiro atoms. The largest absolute Gasteiger partial charge is 0.399 e. The highest BCUT2D eigenvalue weighted by Gasteiger charge is 1.98. The Hall–Kier alpha value is -2.28. The quantitative estimate of drug-likeness (QED) is 0.336. The van der Waals surface area contributed by atoms with Crippen molar-refractivity contribution in [3.8, 4) is 12.3 Å². The summed E-state index contributed by atoms with van der Waals surface area (Å²) >= 11 is 0. The summed E-state index contributed by atoms with van der Waals surface area (Å²) in [4.78, 5) is 9.53. The van der Waals surface area contributed by atoms with Crippen LogP contribution >= 0.6 is 0 Å². The Balaban J connectivity index is 2.76. The molecule has 0 amide bonds. The lowest BCUT2D eigenvalue weighted by Crippen LogP contribution is -1.96. The predicted molar refractivity (Wildman–Crippen MR) is 68.0 cm³/mol. The van der Waals surface area contributed by atoms with Crippen molar-refractivity contribution < 1.29 is 9.68 Å². The third-order valence-electron chi connectivity index (χ3n) is 1.96. The molecule has 0 aromatic heterocycles. The first-order chi connectivity index (χ1) is 8.27. The van der Waals surface area contributed by atoms with Crippen LogP contribution in [0.2, 0.25) is 0 Å². The van der Waals surface area contributed by atoms with E-state index in [1.54, 1.807) is 6.21 Å². The summed E-state index contributed by atoms with van der Waals surface area (Å²) in [6.45, 7) is 2.04. The Morgan fingerprint density at radius 2 is 2.35 bits per heavy atom. The minimum absolute atomic E-state index is 0.167. The van der Waals surface area contributed by atoms with Gasteiger partial charge >= 0.3 is 0 Å². The molecule has 0 fully saturated rings. The van der Waals surface area contributed by atoms with E-state index in [1.807, 2.05) is 31.2 Å². The highest BCUT2D eigenvalue weighted by molar-refractivity contribution is 5.99. The van der Waals surface area contributed by atoms with E-state index in [0.717, 1.165) is 16.8 Å². The van der Waals surface area contributed by atoms with Gasteiger partial charge in [-0.2, -0.15) is 0 Å². The minimum atomic E-state index is 0.167. The monoisotopic (exact) mass is 230 g/mol. The van der Waals surface area contributed by atoms with Gasteiger partial charge in [0.1, 0.15) is 7.11 Å². The molecule has 0 radical (unpaired) electrons. The molecule has 1 aromatic rings. The van der Waals surface area contributed by atoms with Crippen LogP contribution in [0.1, 0.15) is 18.1 Å². The van der Waals surface area contributed by atoms with Crippen molar-refractivity contribution >= 4 is 11.9 Å². The van der Waals surface area contributed by atoms with Crippen molar-refractivity contribution in [3.63, 3.8) is 0 Å². The third-order valence-corrected chi connectivity index (χ3v) is 1.96. The lowest BCUT2D eigenvalue weighted by Gasteiger charge is -2.00. The van der Waals surface area contributed by atoms with Gasteiger partial charge in [-0.1, -0.05) is 34.4 Å². The highest BCUT2D eigenvalue weighted by atomic mass is 16.6. The molecular formula is C13H14N2O2. The van der Waals surface area contributed by atoms with Crippen molar-refractivity contribution in [1.29, 1.82) is 0 Å². The Morgan fingerprint density at radius 3 is 3.06 bits per heavy atom. The highest BCUT2D eigenvalue weighted by Crippen LogP contribution is 2.05. The molecule has 0 saturated heterocycles. The fourth-order valence-electron chi connectivity index (χ4n) is 1.21. The first kappa shape index (κ1) is 12.8. The summed E-state index contributed by atoms with van der Waals surface area (Å²) in [6.07, 6.45) is 6.62. The van der Waals surface area contributed by atoms with Gasteiger partial charge in [0.25, 0.3) is 0 Å². The molecule has 0 saturated carbocycles. The Morgan fingerprint density at radius 1 is 1.53 bits per heavy atom. The van der Waals surface area contributed by atoms with Gasteiger partial charge in [-0.3, -0.25) is 0 Å². The molecular weight excluding hydrogens is 216 g/mol. The zero-order valence-corrected chi connectivity index (χ0v) is 9.88. The summed E-state index contributed by atoms with van der Waals surface area (Å²) < 4.78 is 0. The first-order valence-electron chi connectivity index (χ1n) is 5.05. The molecule has 0 heterocycles. The molecule has 17 heavy (non-hydrogen) atoms. The number of terminal acetylenes is 1. The second kappa shape index (κ2) is 7.07. The molecule has 0 aliphatic heterocycles. The lowest BCUT2D eigenvalue weighted by molar-refractivity contribution is 0.181. The topological polar surface area (TPSA) is 43.2 Å². The van der Waals surface area contributed by atoms with Crippen molar-refractivity contribution in [2.45, 2.75) is 6.92 Å². The molecule has 4 heteroatoms. The van der Waals surface area contributed by atoms with E-state index in [4.69, 9.17) is 16.1 Å². The summed E-state index contributed by atoms with van der Waals surface area (Å²) in [5.41, 5.74) is 2.67. The van der Waals surface area contributed by atoms with E-state index < -0.39 is 0 Å².